The summed E-state index contributed by atoms with van der Waals surface area (Å²) in [4.78, 5) is 1.22. The smallest absolute Gasteiger partial charge is 0.231 e. The van der Waals surface area contributed by atoms with Crippen molar-refractivity contribution < 1.29 is 14.2 Å². The van der Waals surface area contributed by atoms with E-state index in [0.29, 0.717) is 5.75 Å². The molecule has 21 heavy (non-hydrogen) atoms. The van der Waals surface area contributed by atoms with Crippen LogP contribution in [0.1, 0.15) is 17.4 Å². The molecule has 1 N–H and O–H groups in total. The van der Waals surface area contributed by atoms with Gasteiger partial charge in [0, 0.05) is 11.3 Å². The van der Waals surface area contributed by atoms with Gasteiger partial charge in [-0.25, -0.2) is 0 Å². The first-order valence-electron chi connectivity index (χ1n) is 6.62. The maximum absolute atomic E-state index is 6.17. The van der Waals surface area contributed by atoms with E-state index in [1.807, 2.05) is 31.3 Å². The Balaban J connectivity index is 0.00000161. The highest BCUT2D eigenvalue weighted by Gasteiger charge is 2.22. The zero-order chi connectivity index (χ0) is 13.8. The highest BCUT2D eigenvalue weighted by atomic mass is 35.5. The minimum absolute atomic E-state index is 0. The fourth-order valence-electron chi connectivity index (χ4n) is 2.16. The Morgan fingerprint density at radius 2 is 2.19 bits per heavy atom. The Kier molecular flexibility index (Phi) is 5.73. The van der Waals surface area contributed by atoms with E-state index in [9.17, 15) is 0 Å². The Morgan fingerprint density at radius 1 is 1.29 bits per heavy atom. The lowest BCUT2D eigenvalue weighted by atomic mass is 10.2. The number of hydrogen-bond donors (Lipinski definition) is 1. The third-order valence-electron chi connectivity index (χ3n) is 3.15. The van der Waals surface area contributed by atoms with Crippen LogP contribution in [-0.2, 0) is 0 Å². The van der Waals surface area contributed by atoms with Gasteiger partial charge >= 0.3 is 0 Å². The molecule has 0 amide bonds. The molecule has 0 unspecified atom stereocenters. The molecule has 0 aliphatic carbocycles. The Bertz CT molecular complexity index is 562. The third-order valence-corrected chi connectivity index (χ3v) is 4.11. The molecule has 4 nitrogen and oxygen atoms in total. The van der Waals surface area contributed by atoms with Gasteiger partial charge in [-0.2, -0.15) is 0 Å². The van der Waals surface area contributed by atoms with Crippen LogP contribution in [0.15, 0.2) is 35.7 Å². The predicted molar refractivity (Wildman–Crippen MR) is 86.0 cm³/mol. The molecule has 0 fully saturated rings. The summed E-state index contributed by atoms with van der Waals surface area (Å²) in [5.41, 5.74) is 0. The topological polar surface area (TPSA) is 39.7 Å². The number of para-hydroxylation sites is 1. The predicted octanol–water partition coefficient (Wildman–Crippen LogP) is 3.63. The molecular weight excluding hydrogens is 310 g/mol. The van der Waals surface area contributed by atoms with Crippen molar-refractivity contribution in [2.24, 2.45) is 0 Å². The van der Waals surface area contributed by atoms with Crippen molar-refractivity contribution in [2.75, 3.05) is 20.4 Å². The van der Waals surface area contributed by atoms with Crippen LogP contribution < -0.4 is 19.5 Å². The first-order chi connectivity index (χ1) is 9.88. The molecule has 1 aliphatic rings. The Hall–Kier alpha value is -1.43. The van der Waals surface area contributed by atoms with Gasteiger partial charge < -0.3 is 19.5 Å². The largest absolute Gasteiger partial charge is 0.481 e. The molecule has 0 radical (unpaired) electrons. The fourth-order valence-corrected chi connectivity index (χ4v) is 2.95. The molecule has 3 rings (SSSR count). The number of thiophene rings is 1. The SMILES string of the molecule is CNCC[C@H](Oc1cccc2c1OCO2)c1cccs1.Cl. The molecule has 1 aliphatic heterocycles. The number of nitrogens with one attached hydrogen (secondary N) is 1. The molecule has 0 spiro atoms. The summed E-state index contributed by atoms with van der Waals surface area (Å²) in [5.74, 6) is 2.20. The van der Waals surface area contributed by atoms with Crippen LogP contribution in [0.3, 0.4) is 0 Å². The van der Waals surface area contributed by atoms with Gasteiger partial charge in [0.2, 0.25) is 12.5 Å². The average Bonchev–Trinajstić information content (AvgIpc) is 3.14. The van der Waals surface area contributed by atoms with Gasteiger partial charge in [-0.3, -0.25) is 0 Å². The van der Waals surface area contributed by atoms with E-state index in [0.717, 1.165) is 24.5 Å². The molecule has 1 aromatic heterocycles. The molecule has 0 saturated heterocycles. The highest BCUT2D eigenvalue weighted by molar-refractivity contribution is 7.10. The average molecular weight is 328 g/mol. The van der Waals surface area contributed by atoms with E-state index in [-0.39, 0.29) is 25.3 Å². The molecule has 0 bridgehead atoms. The van der Waals surface area contributed by atoms with Gasteiger partial charge in [0.15, 0.2) is 11.5 Å². The summed E-state index contributed by atoms with van der Waals surface area (Å²) < 4.78 is 17.0. The molecule has 2 aromatic rings. The summed E-state index contributed by atoms with van der Waals surface area (Å²) in [7, 11) is 1.95. The first kappa shape index (κ1) is 15.9. The Morgan fingerprint density at radius 3 is 2.95 bits per heavy atom. The lowest BCUT2D eigenvalue weighted by Crippen LogP contribution is -2.15. The lowest BCUT2D eigenvalue weighted by molar-refractivity contribution is 0.159. The zero-order valence-corrected chi connectivity index (χ0v) is 13.3. The number of hydrogen-bond acceptors (Lipinski definition) is 5. The van der Waals surface area contributed by atoms with Crippen LogP contribution in [0.5, 0.6) is 17.2 Å². The normalized spacial score (nSPS) is 13.6. The second kappa shape index (κ2) is 7.54. The molecule has 1 atom stereocenters. The quantitative estimate of drug-likeness (QED) is 0.879. The number of ether oxygens (including phenoxy) is 3. The van der Waals surface area contributed by atoms with Crippen LogP contribution in [0.25, 0.3) is 0 Å². The van der Waals surface area contributed by atoms with Crippen molar-refractivity contribution in [1.29, 1.82) is 0 Å². The zero-order valence-electron chi connectivity index (χ0n) is 11.7. The number of benzene rings is 1. The standard InChI is InChI=1S/C15H17NO3S.ClH/c1-16-8-7-11(14-6-3-9-20-14)19-13-5-2-4-12-15(13)18-10-17-12;/h2-6,9,11,16H,7-8,10H2,1H3;1H/t11-;/m0./s1. The van der Waals surface area contributed by atoms with Crippen LogP contribution in [0, 0.1) is 0 Å². The van der Waals surface area contributed by atoms with Crippen molar-refractivity contribution in [2.45, 2.75) is 12.5 Å². The van der Waals surface area contributed by atoms with Gasteiger partial charge in [0.05, 0.1) is 0 Å². The molecule has 1 aromatic carbocycles. The maximum Gasteiger partial charge on any atom is 0.231 e. The van der Waals surface area contributed by atoms with Gasteiger partial charge in [-0.15, -0.1) is 23.7 Å². The van der Waals surface area contributed by atoms with E-state index >= 15 is 0 Å². The summed E-state index contributed by atoms with van der Waals surface area (Å²) >= 11 is 1.71. The van der Waals surface area contributed by atoms with Crippen molar-refractivity contribution in [3.05, 3.63) is 40.6 Å². The molecule has 2 heterocycles. The van der Waals surface area contributed by atoms with E-state index in [4.69, 9.17) is 14.2 Å². The van der Waals surface area contributed by atoms with E-state index < -0.39 is 0 Å². The monoisotopic (exact) mass is 327 g/mol. The van der Waals surface area contributed by atoms with Crippen molar-refractivity contribution in [3.63, 3.8) is 0 Å². The van der Waals surface area contributed by atoms with Gasteiger partial charge in [-0.05, 0) is 37.2 Å². The molecular formula is C15H18ClNO3S. The van der Waals surface area contributed by atoms with E-state index in [1.54, 1.807) is 11.3 Å². The molecule has 6 heteroatoms. The summed E-state index contributed by atoms with van der Waals surface area (Å²) in [6.45, 7) is 1.16. The van der Waals surface area contributed by atoms with E-state index in [2.05, 4.69) is 16.8 Å². The van der Waals surface area contributed by atoms with Gasteiger partial charge in [0.1, 0.15) is 6.10 Å². The fraction of sp³-hybridized carbons (Fsp3) is 0.333. The summed E-state index contributed by atoms with van der Waals surface area (Å²) in [6.07, 6.45) is 0.930. The maximum atomic E-state index is 6.17. The number of halogens is 1. The second-order valence-corrected chi connectivity index (χ2v) is 5.48. The molecule has 114 valence electrons. The summed E-state index contributed by atoms with van der Waals surface area (Å²) in [6, 6.07) is 9.89. The number of fused-ring (bicyclic) bond motifs is 1. The van der Waals surface area contributed by atoms with Gasteiger partial charge in [-0.1, -0.05) is 12.1 Å². The van der Waals surface area contributed by atoms with Crippen molar-refractivity contribution in [1.82, 2.24) is 5.32 Å². The van der Waals surface area contributed by atoms with E-state index in [1.165, 1.54) is 4.88 Å². The lowest BCUT2D eigenvalue weighted by Gasteiger charge is -2.18. The van der Waals surface area contributed by atoms with Crippen LogP contribution in [-0.4, -0.2) is 20.4 Å². The Labute approximate surface area is 134 Å². The van der Waals surface area contributed by atoms with Crippen molar-refractivity contribution in [3.8, 4) is 17.2 Å². The van der Waals surface area contributed by atoms with Crippen LogP contribution >= 0.6 is 23.7 Å². The van der Waals surface area contributed by atoms with Crippen molar-refractivity contribution >= 4 is 23.7 Å². The minimum Gasteiger partial charge on any atom is -0.481 e. The molecule has 0 saturated carbocycles. The third kappa shape index (κ3) is 3.61. The first-order valence-corrected chi connectivity index (χ1v) is 7.49. The van der Waals surface area contributed by atoms with Crippen LogP contribution in [0.4, 0.5) is 0 Å². The minimum atomic E-state index is 0. The number of rotatable bonds is 6. The van der Waals surface area contributed by atoms with Gasteiger partial charge in [0.25, 0.3) is 0 Å². The summed E-state index contributed by atoms with van der Waals surface area (Å²) in [5, 5.41) is 5.24. The second-order valence-electron chi connectivity index (χ2n) is 4.50. The van der Waals surface area contributed by atoms with Crippen LogP contribution in [0.2, 0.25) is 0 Å². The highest BCUT2D eigenvalue weighted by Crippen LogP contribution is 2.42.